The predicted octanol–water partition coefficient (Wildman–Crippen LogP) is 1.11. The van der Waals surface area contributed by atoms with E-state index in [1.54, 1.807) is 11.8 Å². The second kappa shape index (κ2) is 6.70. The van der Waals surface area contributed by atoms with Crippen LogP contribution < -0.4 is 5.32 Å². The van der Waals surface area contributed by atoms with Gasteiger partial charge in [-0.1, -0.05) is 13.8 Å². The average molecular weight is 219 g/mol. The van der Waals surface area contributed by atoms with E-state index in [1.807, 2.05) is 13.8 Å². The van der Waals surface area contributed by atoms with Crippen molar-refractivity contribution < 1.29 is 14.7 Å². The van der Waals surface area contributed by atoms with E-state index in [4.69, 9.17) is 5.11 Å². The van der Waals surface area contributed by atoms with Crippen molar-refractivity contribution in [1.82, 2.24) is 5.32 Å². The third kappa shape index (κ3) is 5.85. The molecule has 0 aromatic heterocycles. The lowest BCUT2D eigenvalue weighted by Gasteiger charge is -2.15. The molecule has 0 radical (unpaired) electrons. The maximum Gasteiger partial charge on any atom is 0.327 e. The first kappa shape index (κ1) is 13.3. The van der Waals surface area contributed by atoms with Gasteiger partial charge in [0, 0.05) is 17.9 Å². The van der Waals surface area contributed by atoms with E-state index < -0.39 is 12.0 Å². The molecule has 0 saturated heterocycles. The van der Waals surface area contributed by atoms with Gasteiger partial charge in [-0.05, 0) is 6.42 Å². The highest BCUT2D eigenvalue weighted by atomic mass is 32.2. The monoisotopic (exact) mass is 219 g/mol. The van der Waals surface area contributed by atoms with Crippen molar-refractivity contribution >= 4 is 23.6 Å². The van der Waals surface area contributed by atoms with Crippen molar-refractivity contribution in [1.29, 1.82) is 0 Å². The van der Waals surface area contributed by atoms with E-state index >= 15 is 0 Å². The molecular weight excluding hydrogens is 202 g/mol. The van der Waals surface area contributed by atoms with Crippen LogP contribution >= 0.6 is 11.8 Å². The maximum atomic E-state index is 10.7. The van der Waals surface area contributed by atoms with Gasteiger partial charge in [0.25, 0.3) is 0 Å². The molecule has 82 valence electrons. The fourth-order valence-electron chi connectivity index (χ4n) is 0.798. The summed E-state index contributed by atoms with van der Waals surface area (Å²) in [5.74, 6) is -0.859. The van der Waals surface area contributed by atoms with Gasteiger partial charge in [-0.25, -0.2) is 4.79 Å². The van der Waals surface area contributed by atoms with Gasteiger partial charge in [-0.3, -0.25) is 4.79 Å². The zero-order chi connectivity index (χ0) is 11.1. The van der Waals surface area contributed by atoms with Gasteiger partial charge >= 0.3 is 5.97 Å². The van der Waals surface area contributed by atoms with Crippen LogP contribution in [0.5, 0.6) is 0 Å². The van der Waals surface area contributed by atoms with Crippen LogP contribution in [0.3, 0.4) is 0 Å². The van der Waals surface area contributed by atoms with Crippen LogP contribution in [0.4, 0.5) is 0 Å². The van der Waals surface area contributed by atoms with E-state index in [2.05, 4.69) is 5.32 Å². The normalized spacial score (nSPS) is 14.5. The average Bonchev–Trinajstić information content (AvgIpc) is 2.10. The first-order valence-electron chi connectivity index (χ1n) is 4.58. The van der Waals surface area contributed by atoms with Crippen LogP contribution in [0.15, 0.2) is 0 Å². The van der Waals surface area contributed by atoms with Crippen LogP contribution in [0.1, 0.15) is 27.2 Å². The van der Waals surface area contributed by atoms with Gasteiger partial charge in [0.05, 0.1) is 0 Å². The van der Waals surface area contributed by atoms with E-state index in [9.17, 15) is 9.59 Å². The zero-order valence-electron chi connectivity index (χ0n) is 8.74. The van der Waals surface area contributed by atoms with Crippen LogP contribution in [0.2, 0.25) is 0 Å². The zero-order valence-corrected chi connectivity index (χ0v) is 9.56. The van der Waals surface area contributed by atoms with Crippen molar-refractivity contribution in [3.05, 3.63) is 0 Å². The van der Waals surface area contributed by atoms with Gasteiger partial charge in [0.15, 0.2) is 0 Å². The molecule has 0 aromatic rings. The number of carboxylic acid groups (broad SMARTS) is 1. The minimum atomic E-state index is -0.976. The highest BCUT2D eigenvalue weighted by Gasteiger charge is 2.18. The van der Waals surface area contributed by atoms with Crippen LogP contribution in [-0.4, -0.2) is 34.0 Å². The molecule has 14 heavy (non-hydrogen) atoms. The first-order chi connectivity index (χ1) is 6.47. The Labute approximate surface area is 88.4 Å². The molecule has 0 aliphatic rings. The fraction of sp³-hybridized carbons (Fsp3) is 0.778. The number of hydrogen-bond donors (Lipinski definition) is 2. The summed E-state index contributed by atoms with van der Waals surface area (Å²) < 4.78 is 0. The molecule has 0 fully saturated rings. The van der Waals surface area contributed by atoms with Crippen molar-refractivity contribution in [3.63, 3.8) is 0 Å². The van der Waals surface area contributed by atoms with Crippen molar-refractivity contribution in [2.24, 2.45) is 0 Å². The lowest BCUT2D eigenvalue weighted by atomic mass is 10.3. The first-order valence-corrected chi connectivity index (χ1v) is 5.63. The van der Waals surface area contributed by atoms with E-state index in [0.29, 0.717) is 11.0 Å². The Bertz CT molecular complexity index is 208. The summed E-state index contributed by atoms with van der Waals surface area (Å²) in [6.07, 6.45) is 0.997. The molecule has 2 atom stereocenters. The number of hydrogen-bond acceptors (Lipinski definition) is 3. The summed E-state index contributed by atoms with van der Waals surface area (Å²) in [6.45, 7) is 5.41. The summed E-state index contributed by atoms with van der Waals surface area (Å²) >= 11 is 1.56. The van der Waals surface area contributed by atoms with Crippen LogP contribution in [-0.2, 0) is 9.59 Å². The summed E-state index contributed by atoms with van der Waals surface area (Å²) in [4.78, 5) is 21.4. The Kier molecular flexibility index (Phi) is 6.36. The lowest BCUT2D eigenvalue weighted by molar-refractivity contribution is -0.140. The number of rotatable bonds is 6. The Hall–Kier alpha value is -0.710. The third-order valence-electron chi connectivity index (χ3n) is 1.80. The summed E-state index contributed by atoms with van der Waals surface area (Å²) in [5.41, 5.74) is 0. The number of nitrogens with one attached hydrogen (secondary N) is 1. The summed E-state index contributed by atoms with van der Waals surface area (Å²) in [7, 11) is 0. The van der Waals surface area contributed by atoms with Gasteiger partial charge in [-0.2, -0.15) is 11.8 Å². The smallest absolute Gasteiger partial charge is 0.327 e. The summed E-state index contributed by atoms with van der Waals surface area (Å²) in [5, 5.41) is 11.6. The quantitative estimate of drug-likeness (QED) is 0.702. The van der Waals surface area contributed by atoms with Crippen molar-refractivity contribution in [2.45, 2.75) is 38.5 Å². The SMILES string of the molecule is CCC(C)SCC(NC(C)=O)C(=O)O. The molecule has 2 N–H and O–H groups in total. The lowest BCUT2D eigenvalue weighted by Crippen LogP contribution is -2.41. The number of carbonyl (C=O) groups excluding carboxylic acids is 1. The minimum absolute atomic E-state index is 0.304. The Balaban J connectivity index is 3.97. The molecule has 0 spiro atoms. The van der Waals surface area contributed by atoms with E-state index in [0.717, 1.165) is 6.42 Å². The van der Waals surface area contributed by atoms with Crippen LogP contribution in [0.25, 0.3) is 0 Å². The highest BCUT2D eigenvalue weighted by Crippen LogP contribution is 2.14. The third-order valence-corrected chi connectivity index (χ3v) is 3.23. The molecule has 4 nitrogen and oxygen atoms in total. The number of thioether (sulfide) groups is 1. The van der Waals surface area contributed by atoms with Crippen molar-refractivity contribution in [3.8, 4) is 0 Å². The standard InChI is InChI=1S/C9H17NO3S/c1-4-6(2)14-5-8(9(12)13)10-7(3)11/h6,8H,4-5H2,1-3H3,(H,10,11)(H,12,13). The summed E-state index contributed by atoms with van der Waals surface area (Å²) in [6, 6.07) is -0.772. The maximum absolute atomic E-state index is 10.7. The highest BCUT2D eigenvalue weighted by molar-refractivity contribution is 7.99. The number of amides is 1. The minimum Gasteiger partial charge on any atom is -0.480 e. The Morgan fingerprint density at radius 2 is 2.07 bits per heavy atom. The van der Waals surface area contributed by atoms with Crippen LogP contribution in [0, 0.1) is 0 Å². The second-order valence-electron chi connectivity index (χ2n) is 3.14. The molecule has 0 rings (SSSR count). The molecule has 5 heteroatoms. The van der Waals surface area contributed by atoms with E-state index in [-0.39, 0.29) is 5.91 Å². The fourth-order valence-corrected chi connectivity index (χ4v) is 1.78. The second-order valence-corrected chi connectivity index (χ2v) is 4.61. The molecule has 0 aliphatic carbocycles. The predicted molar refractivity (Wildman–Crippen MR) is 57.5 cm³/mol. The molecule has 0 aromatic carbocycles. The van der Waals surface area contributed by atoms with Crippen molar-refractivity contribution in [2.75, 3.05) is 5.75 Å². The molecule has 2 unspecified atom stereocenters. The molecule has 0 heterocycles. The molecule has 0 saturated carbocycles. The van der Waals surface area contributed by atoms with Gasteiger partial charge < -0.3 is 10.4 Å². The molecular formula is C9H17NO3S. The number of aliphatic carboxylic acids is 1. The number of carboxylic acids is 1. The largest absolute Gasteiger partial charge is 0.480 e. The Morgan fingerprint density at radius 1 is 1.50 bits per heavy atom. The Morgan fingerprint density at radius 3 is 2.43 bits per heavy atom. The van der Waals surface area contributed by atoms with Gasteiger partial charge in [-0.15, -0.1) is 0 Å². The molecule has 1 amide bonds. The molecule has 0 bridgehead atoms. The van der Waals surface area contributed by atoms with Gasteiger partial charge in [0.1, 0.15) is 6.04 Å². The molecule has 0 aliphatic heterocycles. The number of carbonyl (C=O) groups is 2. The van der Waals surface area contributed by atoms with E-state index in [1.165, 1.54) is 6.92 Å². The topological polar surface area (TPSA) is 66.4 Å². The van der Waals surface area contributed by atoms with Gasteiger partial charge in [0.2, 0.25) is 5.91 Å².